The van der Waals surface area contributed by atoms with Crippen molar-refractivity contribution in [2.24, 2.45) is 0 Å². The van der Waals surface area contributed by atoms with Crippen molar-refractivity contribution in [2.45, 2.75) is 19.3 Å². The summed E-state index contributed by atoms with van der Waals surface area (Å²) in [6.07, 6.45) is 0. The molecule has 2 aromatic heterocycles. The van der Waals surface area contributed by atoms with E-state index in [1.54, 1.807) is 0 Å². The van der Waals surface area contributed by atoms with Crippen LogP contribution < -0.4 is 0 Å². The molecule has 0 radical (unpaired) electrons. The molecule has 60 heavy (non-hydrogen) atoms. The van der Waals surface area contributed by atoms with E-state index >= 15 is 0 Å². The van der Waals surface area contributed by atoms with Crippen LogP contribution in [0.4, 0.5) is 0 Å². The molecule has 1 aliphatic rings. The van der Waals surface area contributed by atoms with Gasteiger partial charge in [0.2, 0.25) is 0 Å². The Kier molecular flexibility index (Phi) is 7.58. The number of fused-ring (bicyclic) bond motifs is 9. The average Bonchev–Trinajstić information content (AvgIpc) is 3.78. The summed E-state index contributed by atoms with van der Waals surface area (Å²) in [4.78, 5) is 10.9. The number of para-hydroxylation sites is 2. The summed E-state index contributed by atoms with van der Waals surface area (Å²) < 4.78 is 2.36. The van der Waals surface area contributed by atoms with E-state index in [0.29, 0.717) is 5.82 Å². The standard InChI is InChI=1S/C57H39N3/c1-57(2)48-28-15-26-43(53(48)47-32-31-36-17-9-10-22-39(36)55(47)57)42-33-34-44(41-24-12-11-23-40(41)42)56-58-49(37-18-5-3-6-19-37)35-50(59-56)45-27-16-30-52-54(45)46-25-13-14-29-51(46)60(52)38-20-7-4-8-21-38/h3-35H,1-2H3. The Labute approximate surface area is 348 Å². The first-order valence-corrected chi connectivity index (χ1v) is 20.8. The zero-order valence-electron chi connectivity index (χ0n) is 33.4. The van der Waals surface area contributed by atoms with Crippen molar-refractivity contribution in [3.05, 3.63) is 211 Å². The van der Waals surface area contributed by atoms with Crippen molar-refractivity contribution >= 4 is 43.4 Å². The lowest BCUT2D eigenvalue weighted by Gasteiger charge is -2.23. The smallest absolute Gasteiger partial charge is 0.161 e. The number of rotatable bonds is 5. The Balaban J connectivity index is 1.09. The zero-order chi connectivity index (χ0) is 40.0. The molecule has 0 saturated heterocycles. The van der Waals surface area contributed by atoms with Gasteiger partial charge in [-0.15, -0.1) is 0 Å². The van der Waals surface area contributed by atoms with E-state index in [1.807, 2.05) is 0 Å². The number of hydrogen-bond donors (Lipinski definition) is 0. The van der Waals surface area contributed by atoms with E-state index in [2.05, 4.69) is 219 Å². The third kappa shape index (κ3) is 5.09. The lowest BCUT2D eigenvalue weighted by Crippen LogP contribution is -2.15. The minimum Gasteiger partial charge on any atom is -0.309 e. The van der Waals surface area contributed by atoms with Crippen molar-refractivity contribution in [2.75, 3.05) is 0 Å². The quantitative estimate of drug-likeness (QED) is 0.175. The first-order chi connectivity index (χ1) is 29.5. The SMILES string of the molecule is CC1(C)c2cccc(-c3ccc(-c4nc(-c5ccccc5)cc(-c5cccc6c5c5ccccc5n6-c5ccccc5)n4)c4ccccc34)c2-c2ccc3ccccc3c21. The number of benzene rings is 9. The van der Waals surface area contributed by atoms with Gasteiger partial charge in [0.05, 0.1) is 22.4 Å². The molecule has 282 valence electrons. The Morgan fingerprint density at radius 1 is 0.417 bits per heavy atom. The van der Waals surface area contributed by atoms with Gasteiger partial charge in [-0.05, 0) is 91.3 Å². The summed E-state index contributed by atoms with van der Waals surface area (Å²) in [6.45, 7) is 4.76. The summed E-state index contributed by atoms with van der Waals surface area (Å²) in [5, 5.41) is 7.28. The minimum absolute atomic E-state index is 0.143. The molecular formula is C57H39N3. The molecule has 3 heteroatoms. The van der Waals surface area contributed by atoms with Crippen molar-refractivity contribution in [3.63, 3.8) is 0 Å². The third-order valence-electron chi connectivity index (χ3n) is 12.8. The Bertz CT molecular complexity index is 3500. The van der Waals surface area contributed by atoms with Crippen LogP contribution in [0.15, 0.2) is 200 Å². The molecular weight excluding hydrogens is 727 g/mol. The monoisotopic (exact) mass is 765 g/mol. The van der Waals surface area contributed by atoms with E-state index < -0.39 is 0 Å². The number of aromatic nitrogens is 3. The van der Waals surface area contributed by atoms with Gasteiger partial charge in [-0.25, -0.2) is 9.97 Å². The summed E-state index contributed by atoms with van der Waals surface area (Å²) in [5.41, 5.74) is 16.1. The van der Waals surface area contributed by atoms with Crippen molar-refractivity contribution < 1.29 is 0 Å². The molecule has 0 unspecified atom stereocenters. The largest absolute Gasteiger partial charge is 0.309 e. The second kappa shape index (κ2) is 13.2. The van der Waals surface area contributed by atoms with Gasteiger partial charge in [0.15, 0.2) is 5.82 Å². The molecule has 0 atom stereocenters. The summed E-state index contributed by atoms with van der Waals surface area (Å²) in [6, 6.07) is 72.2. The van der Waals surface area contributed by atoms with Crippen molar-refractivity contribution in [1.82, 2.24) is 14.5 Å². The van der Waals surface area contributed by atoms with Gasteiger partial charge in [-0.1, -0.05) is 178 Å². The summed E-state index contributed by atoms with van der Waals surface area (Å²) in [5.74, 6) is 0.703. The second-order valence-corrected chi connectivity index (χ2v) is 16.5. The van der Waals surface area contributed by atoms with Gasteiger partial charge in [0.25, 0.3) is 0 Å². The molecule has 0 amide bonds. The Morgan fingerprint density at radius 3 is 1.83 bits per heavy atom. The average molecular weight is 766 g/mol. The molecule has 0 N–H and O–H groups in total. The first-order valence-electron chi connectivity index (χ1n) is 20.8. The summed E-state index contributed by atoms with van der Waals surface area (Å²) >= 11 is 0. The molecule has 9 aromatic carbocycles. The molecule has 0 spiro atoms. The van der Waals surface area contributed by atoms with Crippen molar-refractivity contribution in [1.29, 1.82) is 0 Å². The maximum atomic E-state index is 5.51. The fourth-order valence-electron chi connectivity index (χ4n) is 10.2. The Hall–Kier alpha value is -7.62. The highest BCUT2D eigenvalue weighted by Gasteiger charge is 2.38. The van der Waals surface area contributed by atoms with Crippen LogP contribution in [-0.2, 0) is 5.41 Å². The normalized spacial score (nSPS) is 13.0. The lowest BCUT2D eigenvalue weighted by atomic mass is 9.80. The number of nitrogens with zero attached hydrogens (tertiary/aromatic N) is 3. The lowest BCUT2D eigenvalue weighted by molar-refractivity contribution is 0.666. The molecule has 3 nitrogen and oxygen atoms in total. The molecule has 0 aliphatic heterocycles. The fraction of sp³-hybridized carbons (Fsp3) is 0.0526. The highest BCUT2D eigenvalue weighted by Crippen LogP contribution is 2.55. The topological polar surface area (TPSA) is 30.7 Å². The van der Waals surface area contributed by atoms with Crippen LogP contribution in [0.2, 0.25) is 0 Å². The van der Waals surface area contributed by atoms with E-state index in [0.717, 1.165) is 50.2 Å². The highest BCUT2D eigenvalue weighted by atomic mass is 15.0. The van der Waals surface area contributed by atoms with E-state index in [4.69, 9.17) is 9.97 Å². The van der Waals surface area contributed by atoms with E-state index in [-0.39, 0.29) is 5.41 Å². The van der Waals surface area contributed by atoms with Gasteiger partial charge in [-0.3, -0.25) is 0 Å². The van der Waals surface area contributed by atoms with Crippen LogP contribution in [-0.4, -0.2) is 14.5 Å². The molecule has 0 saturated carbocycles. The maximum absolute atomic E-state index is 5.51. The fourth-order valence-corrected chi connectivity index (χ4v) is 10.2. The van der Waals surface area contributed by atoms with Gasteiger partial charge >= 0.3 is 0 Å². The van der Waals surface area contributed by atoms with Crippen LogP contribution in [0.5, 0.6) is 0 Å². The second-order valence-electron chi connectivity index (χ2n) is 16.5. The van der Waals surface area contributed by atoms with Crippen LogP contribution in [0, 0.1) is 0 Å². The van der Waals surface area contributed by atoms with Crippen LogP contribution in [0.25, 0.3) is 105 Å². The maximum Gasteiger partial charge on any atom is 0.161 e. The third-order valence-corrected chi connectivity index (χ3v) is 12.8. The molecule has 11 aromatic rings. The zero-order valence-corrected chi connectivity index (χ0v) is 33.4. The Morgan fingerprint density at radius 2 is 1.02 bits per heavy atom. The predicted octanol–water partition coefficient (Wildman–Crippen LogP) is 14.9. The predicted molar refractivity (Wildman–Crippen MR) is 251 cm³/mol. The van der Waals surface area contributed by atoms with Crippen LogP contribution in [0.1, 0.15) is 25.0 Å². The van der Waals surface area contributed by atoms with Gasteiger partial charge in [0.1, 0.15) is 0 Å². The van der Waals surface area contributed by atoms with Gasteiger partial charge in [-0.2, -0.15) is 0 Å². The number of hydrogen-bond acceptors (Lipinski definition) is 2. The molecule has 0 bridgehead atoms. The van der Waals surface area contributed by atoms with E-state index in [1.165, 1.54) is 60.3 Å². The molecule has 2 heterocycles. The molecule has 0 fully saturated rings. The summed E-state index contributed by atoms with van der Waals surface area (Å²) in [7, 11) is 0. The van der Waals surface area contributed by atoms with Crippen molar-refractivity contribution in [3.8, 4) is 61.8 Å². The molecule has 12 rings (SSSR count). The minimum atomic E-state index is -0.143. The molecule has 1 aliphatic carbocycles. The van der Waals surface area contributed by atoms with Gasteiger partial charge in [0, 0.05) is 38.6 Å². The van der Waals surface area contributed by atoms with Crippen LogP contribution in [0.3, 0.4) is 0 Å². The highest BCUT2D eigenvalue weighted by molar-refractivity contribution is 6.16. The first kappa shape index (κ1) is 34.4. The van der Waals surface area contributed by atoms with Gasteiger partial charge < -0.3 is 4.57 Å². The van der Waals surface area contributed by atoms with Crippen LogP contribution >= 0.6 is 0 Å². The van der Waals surface area contributed by atoms with E-state index in [9.17, 15) is 0 Å².